The van der Waals surface area contributed by atoms with Gasteiger partial charge in [0.25, 0.3) is 0 Å². The average Bonchev–Trinajstić information content (AvgIpc) is 1.88. The lowest BCUT2D eigenvalue weighted by molar-refractivity contribution is -0.154. The van der Waals surface area contributed by atoms with E-state index in [9.17, 15) is 4.79 Å². The molecular formula is C7H14O3. The molecule has 0 aromatic heterocycles. The molecule has 0 spiro atoms. The quantitative estimate of drug-likeness (QED) is 0.553. The standard InChI is InChI=1S/C7H14O3/c1-5(2)6(9-3)7(8)10-4/h5-6H,1-4H3/t6-/m1/s1. The number of carbonyl (C=O) groups is 1. The Morgan fingerprint density at radius 2 is 1.80 bits per heavy atom. The number of rotatable bonds is 3. The third-order valence-electron chi connectivity index (χ3n) is 1.29. The van der Waals surface area contributed by atoms with Gasteiger partial charge in [0.1, 0.15) is 0 Å². The molecule has 0 aliphatic heterocycles. The largest absolute Gasteiger partial charge is 0.467 e. The van der Waals surface area contributed by atoms with Crippen molar-refractivity contribution in [3.8, 4) is 0 Å². The van der Waals surface area contributed by atoms with Crippen LogP contribution in [0.4, 0.5) is 0 Å². The second-order valence-corrected chi connectivity index (χ2v) is 2.42. The number of esters is 1. The van der Waals surface area contributed by atoms with E-state index in [1.807, 2.05) is 13.8 Å². The molecule has 0 saturated heterocycles. The Bertz CT molecular complexity index is 109. The van der Waals surface area contributed by atoms with Crippen LogP contribution in [-0.2, 0) is 14.3 Å². The van der Waals surface area contributed by atoms with Crippen LogP contribution in [0, 0.1) is 5.92 Å². The molecule has 1 atom stereocenters. The highest BCUT2D eigenvalue weighted by Gasteiger charge is 2.21. The minimum absolute atomic E-state index is 0.164. The van der Waals surface area contributed by atoms with Crippen molar-refractivity contribution in [1.82, 2.24) is 0 Å². The van der Waals surface area contributed by atoms with Gasteiger partial charge in [0.2, 0.25) is 0 Å². The fraction of sp³-hybridized carbons (Fsp3) is 0.857. The normalized spacial score (nSPS) is 13.3. The molecule has 0 rings (SSSR count). The van der Waals surface area contributed by atoms with Crippen molar-refractivity contribution in [3.05, 3.63) is 0 Å². The maximum absolute atomic E-state index is 10.8. The van der Waals surface area contributed by atoms with Crippen molar-refractivity contribution in [2.45, 2.75) is 20.0 Å². The third kappa shape index (κ3) is 2.35. The molecule has 0 fully saturated rings. The summed E-state index contributed by atoms with van der Waals surface area (Å²) in [5.41, 5.74) is 0. The topological polar surface area (TPSA) is 35.5 Å². The first-order chi connectivity index (χ1) is 4.63. The maximum Gasteiger partial charge on any atom is 0.335 e. The van der Waals surface area contributed by atoms with E-state index in [1.165, 1.54) is 14.2 Å². The van der Waals surface area contributed by atoms with Crippen LogP contribution in [0.25, 0.3) is 0 Å². The molecule has 3 nitrogen and oxygen atoms in total. The van der Waals surface area contributed by atoms with Gasteiger partial charge in [0.15, 0.2) is 6.10 Å². The van der Waals surface area contributed by atoms with Gasteiger partial charge < -0.3 is 9.47 Å². The maximum atomic E-state index is 10.8. The number of hydrogen-bond acceptors (Lipinski definition) is 3. The average molecular weight is 146 g/mol. The van der Waals surface area contributed by atoms with Gasteiger partial charge in [-0.3, -0.25) is 0 Å². The molecule has 0 aromatic rings. The molecule has 10 heavy (non-hydrogen) atoms. The zero-order valence-corrected chi connectivity index (χ0v) is 6.88. The van der Waals surface area contributed by atoms with Crippen molar-refractivity contribution in [2.24, 2.45) is 5.92 Å². The smallest absolute Gasteiger partial charge is 0.335 e. The van der Waals surface area contributed by atoms with Crippen molar-refractivity contribution in [2.75, 3.05) is 14.2 Å². The van der Waals surface area contributed by atoms with Crippen molar-refractivity contribution < 1.29 is 14.3 Å². The van der Waals surface area contributed by atoms with E-state index in [0.717, 1.165) is 0 Å². The lowest BCUT2D eigenvalue weighted by atomic mass is 10.1. The molecular weight excluding hydrogens is 132 g/mol. The van der Waals surface area contributed by atoms with Crippen LogP contribution in [0.2, 0.25) is 0 Å². The first-order valence-electron chi connectivity index (χ1n) is 3.24. The molecule has 0 radical (unpaired) electrons. The van der Waals surface area contributed by atoms with E-state index in [1.54, 1.807) is 0 Å². The summed E-state index contributed by atoms with van der Waals surface area (Å²) in [6, 6.07) is 0. The molecule has 0 N–H and O–H groups in total. The summed E-state index contributed by atoms with van der Waals surface area (Å²) in [4.78, 5) is 10.8. The van der Waals surface area contributed by atoms with Crippen molar-refractivity contribution in [1.29, 1.82) is 0 Å². The Morgan fingerprint density at radius 1 is 1.30 bits per heavy atom. The van der Waals surface area contributed by atoms with Gasteiger partial charge in [-0.15, -0.1) is 0 Å². The van der Waals surface area contributed by atoms with Gasteiger partial charge in [-0.1, -0.05) is 13.8 Å². The van der Waals surface area contributed by atoms with Crippen LogP contribution < -0.4 is 0 Å². The Hall–Kier alpha value is -0.570. The number of methoxy groups -OCH3 is 2. The Balaban J connectivity index is 3.93. The third-order valence-corrected chi connectivity index (χ3v) is 1.29. The van der Waals surface area contributed by atoms with Gasteiger partial charge in [-0.05, 0) is 5.92 Å². The molecule has 0 amide bonds. The second kappa shape index (κ2) is 4.28. The minimum Gasteiger partial charge on any atom is -0.467 e. The summed E-state index contributed by atoms with van der Waals surface area (Å²) in [5, 5.41) is 0. The molecule has 0 aromatic carbocycles. The predicted molar refractivity (Wildman–Crippen MR) is 37.7 cm³/mol. The summed E-state index contributed by atoms with van der Waals surface area (Å²) in [6.07, 6.45) is -0.426. The SMILES string of the molecule is COC(=O)[C@H](OC)C(C)C. The summed E-state index contributed by atoms with van der Waals surface area (Å²) in [6.45, 7) is 3.82. The van der Waals surface area contributed by atoms with Crippen LogP contribution in [0.1, 0.15) is 13.8 Å². The molecule has 0 aliphatic carbocycles. The summed E-state index contributed by atoms with van der Waals surface area (Å²) >= 11 is 0. The molecule has 0 saturated carbocycles. The lowest BCUT2D eigenvalue weighted by Crippen LogP contribution is -2.29. The number of carbonyl (C=O) groups excluding carboxylic acids is 1. The van der Waals surface area contributed by atoms with E-state index in [4.69, 9.17) is 4.74 Å². The first-order valence-corrected chi connectivity index (χ1v) is 3.24. The molecule has 0 heterocycles. The number of hydrogen-bond donors (Lipinski definition) is 0. The Morgan fingerprint density at radius 3 is 1.90 bits per heavy atom. The van der Waals surface area contributed by atoms with Gasteiger partial charge in [0, 0.05) is 7.11 Å². The molecule has 3 heteroatoms. The van der Waals surface area contributed by atoms with Gasteiger partial charge in [-0.25, -0.2) is 4.79 Å². The van der Waals surface area contributed by atoms with E-state index in [-0.39, 0.29) is 11.9 Å². The van der Waals surface area contributed by atoms with E-state index in [2.05, 4.69) is 4.74 Å². The summed E-state index contributed by atoms with van der Waals surface area (Å²) < 4.78 is 9.39. The van der Waals surface area contributed by atoms with E-state index < -0.39 is 6.10 Å². The monoisotopic (exact) mass is 146 g/mol. The van der Waals surface area contributed by atoms with Crippen LogP contribution >= 0.6 is 0 Å². The Labute approximate surface area is 61.3 Å². The predicted octanol–water partition coefficient (Wildman–Crippen LogP) is 0.830. The fourth-order valence-corrected chi connectivity index (χ4v) is 0.757. The van der Waals surface area contributed by atoms with Crippen LogP contribution in [0.5, 0.6) is 0 Å². The van der Waals surface area contributed by atoms with E-state index in [0.29, 0.717) is 0 Å². The van der Waals surface area contributed by atoms with Crippen molar-refractivity contribution in [3.63, 3.8) is 0 Å². The van der Waals surface area contributed by atoms with Crippen molar-refractivity contribution >= 4 is 5.97 Å². The molecule has 0 aliphatic rings. The fourth-order valence-electron chi connectivity index (χ4n) is 0.757. The minimum atomic E-state index is -0.426. The summed E-state index contributed by atoms with van der Waals surface area (Å²) in [5.74, 6) is -0.144. The van der Waals surface area contributed by atoms with Crippen LogP contribution in [0.3, 0.4) is 0 Å². The molecule has 0 bridgehead atoms. The molecule has 60 valence electrons. The van der Waals surface area contributed by atoms with Gasteiger partial charge in [-0.2, -0.15) is 0 Å². The first kappa shape index (κ1) is 9.43. The highest BCUT2D eigenvalue weighted by Crippen LogP contribution is 2.06. The highest BCUT2D eigenvalue weighted by molar-refractivity contribution is 5.74. The lowest BCUT2D eigenvalue weighted by Gasteiger charge is -2.15. The van der Waals surface area contributed by atoms with E-state index >= 15 is 0 Å². The second-order valence-electron chi connectivity index (χ2n) is 2.42. The molecule has 0 unspecified atom stereocenters. The van der Waals surface area contributed by atoms with Gasteiger partial charge >= 0.3 is 5.97 Å². The number of ether oxygens (including phenoxy) is 2. The highest BCUT2D eigenvalue weighted by atomic mass is 16.6. The van der Waals surface area contributed by atoms with Crippen LogP contribution in [0.15, 0.2) is 0 Å². The zero-order valence-electron chi connectivity index (χ0n) is 6.88. The Kier molecular flexibility index (Phi) is 4.03. The van der Waals surface area contributed by atoms with Crippen LogP contribution in [-0.4, -0.2) is 26.3 Å². The zero-order chi connectivity index (χ0) is 8.15. The van der Waals surface area contributed by atoms with Gasteiger partial charge in [0.05, 0.1) is 7.11 Å². The summed E-state index contributed by atoms with van der Waals surface area (Å²) in [7, 11) is 2.86.